The number of nitrogens with one attached hydrogen (secondary N) is 1. The fraction of sp³-hybridized carbons (Fsp3) is 0.300. The first-order valence-electron chi connectivity index (χ1n) is 4.60. The summed E-state index contributed by atoms with van der Waals surface area (Å²) in [7, 11) is 1.75. The summed E-state index contributed by atoms with van der Waals surface area (Å²) < 4.78 is 5.38. The van der Waals surface area contributed by atoms with Crippen LogP contribution in [0.3, 0.4) is 0 Å². The molecule has 80 valence electrons. The second kappa shape index (κ2) is 4.18. The first-order chi connectivity index (χ1) is 7.22. The van der Waals surface area contributed by atoms with Crippen LogP contribution < -0.4 is 5.32 Å². The molecule has 2 rings (SSSR count). The molecule has 2 N–H and O–H groups in total. The number of para-hydroxylation sites is 1. The lowest BCUT2D eigenvalue weighted by Crippen LogP contribution is -2.16. The Morgan fingerprint density at radius 1 is 1.60 bits per heavy atom. The van der Waals surface area contributed by atoms with E-state index in [9.17, 15) is 5.11 Å². The summed E-state index contributed by atoms with van der Waals surface area (Å²) in [6.45, 7) is 0.393. The quantitative estimate of drug-likeness (QED) is 0.837. The summed E-state index contributed by atoms with van der Waals surface area (Å²) in [6.07, 6.45) is -0.751. The van der Waals surface area contributed by atoms with E-state index in [2.05, 4.69) is 10.3 Å². The molecule has 1 unspecified atom stereocenters. The summed E-state index contributed by atoms with van der Waals surface area (Å²) in [4.78, 5) is 4.15. The Morgan fingerprint density at radius 2 is 2.40 bits per heavy atom. The van der Waals surface area contributed by atoms with Crippen molar-refractivity contribution in [1.29, 1.82) is 0 Å². The van der Waals surface area contributed by atoms with Gasteiger partial charge in [0.25, 0.3) is 0 Å². The number of aromatic nitrogens is 1. The number of oxazole rings is 1. The van der Waals surface area contributed by atoms with Crippen molar-refractivity contribution < 1.29 is 9.52 Å². The van der Waals surface area contributed by atoms with E-state index in [0.717, 1.165) is 0 Å². The summed E-state index contributed by atoms with van der Waals surface area (Å²) in [5.74, 6) is 0.285. The van der Waals surface area contributed by atoms with Crippen molar-refractivity contribution in [2.24, 2.45) is 0 Å². The maximum absolute atomic E-state index is 9.65. The van der Waals surface area contributed by atoms with E-state index in [1.165, 1.54) is 0 Å². The van der Waals surface area contributed by atoms with Gasteiger partial charge in [0.1, 0.15) is 11.6 Å². The minimum absolute atomic E-state index is 0.285. The normalized spacial score (nSPS) is 13.3. The van der Waals surface area contributed by atoms with Gasteiger partial charge in [-0.15, -0.1) is 0 Å². The molecule has 0 saturated carbocycles. The van der Waals surface area contributed by atoms with Gasteiger partial charge in [-0.05, 0) is 19.2 Å². The molecule has 1 atom stereocenters. The number of hydrogen-bond acceptors (Lipinski definition) is 4. The largest absolute Gasteiger partial charge is 0.436 e. The predicted molar refractivity (Wildman–Crippen MR) is 57.9 cm³/mol. The van der Waals surface area contributed by atoms with E-state index in [0.29, 0.717) is 22.7 Å². The Morgan fingerprint density at radius 3 is 3.07 bits per heavy atom. The van der Waals surface area contributed by atoms with Crippen LogP contribution in [0.2, 0.25) is 5.02 Å². The number of aliphatic hydroxyl groups is 1. The zero-order valence-electron chi connectivity index (χ0n) is 8.20. The fourth-order valence-electron chi connectivity index (χ4n) is 1.36. The van der Waals surface area contributed by atoms with Crippen molar-refractivity contribution in [3.63, 3.8) is 0 Å². The van der Waals surface area contributed by atoms with E-state index in [4.69, 9.17) is 16.0 Å². The van der Waals surface area contributed by atoms with E-state index in [1.807, 2.05) is 0 Å². The molecule has 0 bridgehead atoms. The summed E-state index contributed by atoms with van der Waals surface area (Å²) >= 11 is 5.92. The number of hydrogen-bond donors (Lipinski definition) is 2. The number of aliphatic hydroxyl groups excluding tert-OH is 1. The number of fused-ring (bicyclic) bond motifs is 1. The highest BCUT2D eigenvalue weighted by molar-refractivity contribution is 6.34. The molecule has 0 saturated heterocycles. The highest BCUT2D eigenvalue weighted by Gasteiger charge is 2.15. The second-order valence-electron chi connectivity index (χ2n) is 3.21. The second-order valence-corrected chi connectivity index (χ2v) is 3.62. The molecule has 0 radical (unpaired) electrons. The Balaban J connectivity index is 2.43. The number of benzene rings is 1. The zero-order chi connectivity index (χ0) is 10.8. The van der Waals surface area contributed by atoms with Crippen LogP contribution in [0.1, 0.15) is 12.0 Å². The lowest BCUT2D eigenvalue weighted by Gasteiger charge is -2.03. The Kier molecular flexibility index (Phi) is 2.90. The van der Waals surface area contributed by atoms with Crippen LogP contribution in [-0.4, -0.2) is 23.7 Å². The Bertz CT molecular complexity index is 469. The highest BCUT2D eigenvalue weighted by atomic mass is 35.5. The first kappa shape index (κ1) is 10.4. The molecule has 1 aromatic heterocycles. The van der Waals surface area contributed by atoms with Gasteiger partial charge < -0.3 is 14.8 Å². The molecule has 2 aromatic rings. The van der Waals surface area contributed by atoms with Crippen LogP contribution in [-0.2, 0) is 0 Å². The van der Waals surface area contributed by atoms with Gasteiger partial charge in [0.05, 0.1) is 5.02 Å². The van der Waals surface area contributed by atoms with Gasteiger partial charge in [-0.25, -0.2) is 4.98 Å². The number of rotatable bonds is 3. The predicted octanol–water partition coefficient (Wildman–Crippen LogP) is 1.73. The molecule has 15 heavy (non-hydrogen) atoms. The summed E-state index contributed by atoms with van der Waals surface area (Å²) in [6, 6.07) is 5.31. The van der Waals surface area contributed by atoms with E-state index in [1.54, 1.807) is 25.2 Å². The first-order valence-corrected chi connectivity index (χ1v) is 4.98. The molecule has 0 fully saturated rings. The van der Waals surface area contributed by atoms with Gasteiger partial charge in [0.15, 0.2) is 5.58 Å². The maximum atomic E-state index is 9.65. The van der Waals surface area contributed by atoms with Crippen LogP contribution >= 0.6 is 11.6 Å². The number of halogens is 1. The molecule has 1 aromatic carbocycles. The molecular weight excluding hydrogens is 216 g/mol. The average molecular weight is 227 g/mol. The van der Waals surface area contributed by atoms with Crippen molar-refractivity contribution in [2.45, 2.75) is 6.10 Å². The van der Waals surface area contributed by atoms with Crippen LogP contribution in [0, 0.1) is 0 Å². The van der Waals surface area contributed by atoms with Gasteiger partial charge >= 0.3 is 0 Å². The highest BCUT2D eigenvalue weighted by Crippen LogP contribution is 2.26. The van der Waals surface area contributed by atoms with Crippen molar-refractivity contribution in [3.05, 3.63) is 29.1 Å². The van der Waals surface area contributed by atoms with Gasteiger partial charge in [-0.1, -0.05) is 17.7 Å². The monoisotopic (exact) mass is 226 g/mol. The van der Waals surface area contributed by atoms with Gasteiger partial charge in [-0.2, -0.15) is 0 Å². The van der Waals surface area contributed by atoms with Gasteiger partial charge in [0, 0.05) is 6.54 Å². The summed E-state index contributed by atoms with van der Waals surface area (Å²) in [5.41, 5.74) is 1.18. The molecule has 4 nitrogen and oxygen atoms in total. The van der Waals surface area contributed by atoms with Crippen LogP contribution in [0.15, 0.2) is 22.6 Å². The van der Waals surface area contributed by atoms with Crippen molar-refractivity contribution in [1.82, 2.24) is 10.3 Å². The zero-order valence-corrected chi connectivity index (χ0v) is 8.95. The van der Waals surface area contributed by atoms with Crippen LogP contribution in [0.4, 0.5) is 0 Å². The van der Waals surface area contributed by atoms with E-state index in [-0.39, 0.29) is 5.89 Å². The minimum Gasteiger partial charge on any atom is -0.436 e. The lowest BCUT2D eigenvalue weighted by molar-refractivity contribution is 0.146. The molecule has 0 aliphatic heterocycles. The summed E-state index contributed by atoms with van der Waals surface area (Å²) in [5, 5.41) is 13.0. The smallest absolute Gasteiger partial charge is 0.225 e. The molecule has 0 spiro atoms. The van der Waals surface area contributed by atoms with E-state index >= 15 is 0 Å². The topological polar surface area (TPSA) is 58.3 Å². The lowest BCUT2D eigenvalue weighted by atomic mass is 10.3. The fourth-order valence-corrected chi connectivity index (χ4v) is 1.56. The third kappa shape index (κ3) is 1.97. The minimum atomic E-state index is -0.751. The van der Waals surface area contributed by atoms with Crippen LogP contribution in [0.5, 0.6) is 0 Å². The molecular formula is C10H11ClN2O2. The molecule has 0 aliphatic carbocycles. The van der Waals surface area contributed by atoms with E-state index < -0.39 is 6.10 Å². The SMILES string of the molecule is CNCC(O)c1nc2cccc(Cl)c2o1. The number of nitrogens with zero attached hydrogens (tertiary/aromatic N) is 1. The van der Waals surface area contributed by atoms with Crippen LogP contribution in [0.25, 0.3) is 11.1 Å². The average Bonchev–Trinajstić information content (AvgIpc) is 2.63. The van der Waals surface area contributed by atoms with Gasteiger partial charge in [0.2, 0.25) is 5.89 Å². The number of likely N-dealkylation sites (N-methyl/N-ethyl adjacent to an activating group) is 1. The molecule has 1 heterocycles. The van der Waals surface area contributed by atoms with Crippen molar-refractivity contribution >= 4 is 22.7 Å². The maximum Gasteiger partial charge on any atom is 0.225 e. The molecule has 5 heteroatoms. The molecule has 0 amide bonds. The van der Waals surface area contributed by atoms with Gasteiger partial charge in [-0.3, -0.25) is 0 Å². The Hall–Kier alpha value is -1.10. The third-order valence-electron chi connectivity index (χ3n) is 2.07. The third-order valence-corrected chi connectivity index (χ3v) is 2.36. The Labute approximate surface area is 91.9 Å². The van der Waals surface area contributed by atoms with Crippen molar-refractivity contribution in [2.75, 3.05) is 13.6 Å². The molecule has 0 aliphatic rings. The van der Waals surface area contributed by atoms with Crippen molar-refractivity contribution in [3.8, 4) is 0 Å². The standard InChI is InChI=1S/C10H11ClN2O2/c1-12-5-8(14)10-13-7-4-2-3-6(11)9(7)15-10/h2-4,8,12,14H,5H2,1H3.